The number of H-pyrrole nitrogens is 2. The van der Waals surface area contributed by atoms with Gasteiger partial charge < -0.3 is 29.3 Å². The molecule has 0 aliphatic heterocycles. The van der Waals surface area contributed by atoms with Crippen molar-refractivity contribution in [3.8, 4) is 17.4 Å². The number of aromatic nitrogens is 3. The van der Waals surface area contributed by atoms with Crippen LogP contribution in [0.4, 0.5) is 5.69 Å². The van der Waals surface area contributed by atoms with Crippen molar-refractivity contribution in [3.05, 3.63) is 88.4 Å². The van der Waals surface area contributed by atoms with Crippen LogP contribution in [0.25, 0.3) is 21.8 Å². The Morgan fingerprint density at radius 2 is 1.46 bits per heavy atom. The molecule has 0 spiro atoms. The molecular formula is C25H20N4O8. The minimum atomic E-state index is -0.531. The fourth-order valence-corrected chi connectivity index (χ4v) is 3.40. The number of aromatic hydroxyl groups is 1. The van der Waals surface area contributed by atoms with Gasteiger partial charge in [0.05, 0.1) is 19.1 Å². The van der Waals surface area contributed by atoms with Crippen molar-refractivity contribution >= 4 is 39.4 Å². The molecule has 3 N–H and O–H groups in total. The number of esters is 2. The third-order valence-corrected chi connectivity index (χ3v) is 5.16. The molecule has 0 atom stereocenters. The van der Waals surface area contributed by atoms with Crippen LogP contribution in [0.15, 0.2) is 66.9 Å². The molecule has 0 unspecified atom stereocenters. The van der Waals surface area contributed by atoms with Crippen LogP contribution in [-0.2, 0) is 9.47 Å². The molecule has 0 aliphatic carbocycles. The number of hydrogen-bond donors (Lipinski definition) is 3. The third kappa shape index (κ3) is 5.65. The summed E-state index contributed by atoms with van der Waals surface area (Å²) < 4.78 is 14.8. The van der Waals surface area contributed by atoms with Gasteiger partial charge in [0, 0.05) is 33.9 Å². The fraction of sp³-hybridized carbons (Fsp3) is 0.0800. The van der Waals surface area contributed by atoms with Crippen molar-refractivity contribution in [2.45, 2.75) is 0 Å². The number of methoxy groups -OCH3 is 2. The van der Waals surface area contributed by atoms with E-state index < -0.39 is 16.9 Å². The van der Waals surface area contributed by atoms with Gasteiger partial charge in [-0.1, -0.05) is 0 Å². The average Bonchev–Trinajstić information content (AvgIpc) is 3.52. The topological polar surface area (TPSA) is 170 Å². The molecule has 3 aromatic heterocycles. The van der Waals surface area contributed by atoms with E-state index in [-0.39, 0.29) is 17.3 Å². The number of carbonyl (C=O) groups is 2. The molecule has 37 heavy (non-hydrogen) atoms. The summed E-state index contributed by atoms with van der Waals surface area (Å²) in [5.74, 6) is 0.0299. The summed E-state index contributed by atoms with van der Waals surface area (Å²) in [5.41, 5.74) is 2.17. The maximum absolute atomic E-state index is 11.5. The lowest BCUT2D eigenvalue weighted by Gasteiger charge is -2.04. The first-order chi connectivity index (χ1) is 17.8. The van der Waals surface area contributed by atoms with E-state index in [9.17, 15) is 24.8 Å². The van der Waals surface area contributed by atoms with Crippen molar-refractivity contribution in [2.75, 3.05) is 14.2 Å². The molecule has 0 bridgehead atoms. The number of hydrogen-bond acceptors (Lipinski definition) is 9. The average molecular weight is 504 g/mol. The number of phenols is 1. The molecule has 12 nitrogen and oxygen atoms in total. The zero-order valence-corrected chi connectivity index (χ0v) is 19.6. The number of benzene rings is 2. The highest BCUT2D eigenvalue weighted by molar-refractivity contribution is 5.95. The van der Waals surface area contributed by atoms with E-state index in [4.69, 9.17) is 4.74 Å². The molecule has 0 saturated heterocycles. The molecule has 2 aromatic carbocycles. The minimum absolute atomic E-state index is 0.110. The summed E-state index contributed by atoms with van der Waals surface area (Å²) >= 11 is 0. The number of nitro groups is 1. The highest BCUT2D eigenvalue weighted by Crippen LogP contribution is 2.26. The number of nitrogens with one attached hydrogen (secondary N) is 2. The summed E-state index contributed by atoms with van der Waals surface area (Å²) in [6, 6.07) is 16.0. The number of carbonyl (C=O) groups excluding carboxylic acids is 2. The lowest BCUT2D eigenvalue weighted by atomic mass is 10.2. The van der Waals surface area contributed by atoms with Gasteiger partial charge in [0.2, 0.25) is 5.88 Å². The Hall–Kier alpha value is -5.39. The summed E-state index contributed by atoms with van der Waals surface area (Å²) in [6.45, 7) is 0. The number of rotatable bonds is 5. The molecule has 0 saturated carbocycles. The van der Waals surface area contributed by atoms with Crippen LogP contribution in [0, 0.1) is 10.1 Å². The number of fused-ring (bicyclic) bond motifs is 2. The molecule has 0 aliphatic rings. The summed E-state index contributed by atoms with van der Waals surface area (Å²) in [6.07, 6.45) is 1.12. The van der Waals surface area contributed by atoms with Crippen LogP contribution >= 0.6 is 0 Å². The van der Waals surface area contributed by atoms with Crippen LogP contribution < -0.4 is 4.74 Å². The maximum Gasteiger partial charge on any atom is 0.354 e. The second kappa shape index (κ2) is 10.5. The lowest BCUT2D eigenvalue weighted by Crippen LogP contribution is -2.00. The zero-order valence-electron chi connectivity index (χ0n) is 19.6. The SMILES string of the molecule is COC(=O)c1cc2cc(O)ccc2[nH]1.COC(=O)c1cc2cc(Oc3ccc([N+](=O)[O-])cn3)ccc2[nH]1. The van der Waals surface area contributed by atoms with Gasteiger partial charge >= 0.3 is 11.9 Å². The van der Waals surface area contributed by atoms with Crippen molar-refractivity contribution in [2.24, 2.45) is 0 Å². The first-order valence-electron chi connectivity index (χ1n) is 10.7. The molecular weight excluding hydrogens is 484 g/mol. The molecule has 188 valence electrons. The van der Waals surface area contributed by atoms with E-state index in [1.807, 2.05) is 0 Å². The van der Waals surface area contributed by atoms with Crippen LogP contribution in [0.5, 0.6) is 17.4 Å². The highest BCUT2D eigenvalue weighted by atomic mass is 16.6. The van der Waals surface area contributed by atoms with Gasteiger partial charge in [0.15, 0.2) is 0 Å². The Bertz CT molecular complexity index is 1600. The Morgan fingerprint density at radius 1 is 0.865 bits per heavy atom. The van der Waals surface area contributed by atoms with E-state index in [1.54, 1.807) is 48.5 Å². The predicted octanol–water partition coefficient (Wildman–Crippen LogP) is 4.71. The van der Waals surface area contributed by atoms with Gasteiger partial charge in [-0.3, -0.25) is 10.1 Å². The van der Waals surface area contributed by atoms with Gasteiger partial charge in [-0.15, -0.1) is 0 Å². The number of aromatic amines is 2. The summed E-state index contributed by atoms with van der Waals surface area (Å²) in [7, 11) is 2.63. The van der Waals surface area contributed by atoms with E-state index in [2.05, 4.69) is 24.4 Å². The molecule has 0 amide bonds. The first-order valence-corrected chi connectivity index (χ1v) is 10.7. The van der Waals surface area contributed by atoms with Crippen molar-refractivity contribution in [1.82, 2.24) is 15.0 Å². The second-order valence-electron chi connectivity index (χ2n) is 7.58. The number of nitrogens with zero attached hydrogens (tertiary/aromatic N) is 2. The molecule has 5 rings (SSSR count). The quantitative estimate of drug-likeness (QED) is 0.174. The van der Waals surface area contributed by atoms with Gasteiger partial charge in [-0.25, -0.2) is 14.6 Å². The third-order valence-electron chi connectivity index (χ3n) is 5.16. The molecule has 3 heterocycles. The first kappa shape index (κ1) is 24.7. The number of ether oxygens (including phenoxy) is 3. The van der Waals surface area contributed by atoms with Crippen molar-refractivity contribution in [3.63, 3.8) is 0 Å². The van der Waals surface area contributed by atoms with E-state index in [0.717, 1.165) is 28.0 Å². The Balaban J connectivity index is 0.000000195. The molecule has 0 fully saturated rings. The zero-order chi connectivity index (χ0) is 26.5. The minimum Gasteiger partial charge on any atom is -0.508 e. The standard InChI is InChI=1S/C15H11N3O5.C10H9NO3/c1-22-15(19)13-7-9-6-11(3-4-12(9)17-13)23-14-5-2-10(8-16-14)18(20)21;1-14-10(13)9-5-6-4-7(12)2-3-8(6)11-9/h2-8,17H,1H3;2-5,11-12H,1H3. The van der Waals surface area contributed by atoms with Crippen molar-refractivity contribution in [1.29, 1.82) is 0 Å². The Morgan fingerprint density at radius 3 is 2.00 bits per heavy atom. The van der Waals surface area contributed by atoms with Gasteiger partial charge in [-0.2, -0.15) is 0 Å². The van der Waals surface area contributed by atoms with Crippen LogP contribution in [0.2, 0.25) is 0 Å². The maximum atomic E-state index is 11.5. The highest BCUT2D eigenvalue weighted by Gasteiger charge is 2.11. The summed E-state index contributed by atoms with van der Waals surface area (Å²) in [5, 5.41) is 21.3. The largest absolute Gasteiger partial charge is 0.508 e. The van der Waals surface area contributed by atoms with E-state index >= 15 is 0 Å². The van der Waals surface area contributed by atoms with Gasteiger partial charge in [0.1, 0.15) is 29.1 Å². The smallest absolute Gasteiger partial charge is 0.354 e. The number of phenolic OH excluding ortho intramolecular Hbond substituents is 1. The fourth-order valence-electron chi connectivity index (χ4n) is 3.40. The van der Waals surface area contributed by atoms with Crippen LogP contribution in [0.3, 0.4) is 0 Å². The van der Waals surface area contributed by atoms with Crippen molar-refractivity contribution < 1.29 is 33.8 Å². The van der Waals surface area contributed by atoms with Gasteiger partial charge in [0.25, 0.3) is 5.69 Å². The molecule has 0 radical (unpaired) electrons. The van der Waals surface area contributed by atoms with E-state index in [1.165, 1.54) is 26.4 Å². The van der Waals surface area contributed by atoms with E-state index in [0.29, 0.717) is 17.1 Å². The van der Waals surface area contributed by atoms with Crippen LogP contribution in [0.1, 0.15) is 21.0 Å². The predicted molar refractivity (Wildman–Crippen MR) is 132 cm³/mol. The number of pyridine rings is 1. The van der Waals surface area contributed by atoms with Gasteiger partial charge in [-0.05, 0) is 48.5 Å². The molecule has 12 heteroatoms. The summed E-state index contributed by atoms with van der Waals surface area (Å²) in [4.78, 5) is 42.4. The molecule has 5 aromatic rings. The van der Waals surface area contributed by atoms with Crippen LogP contribution in [-0.4, -0.2) is 51.1 Å². The normalized spacial score (nSPS) is 10.4. The monoisotopic (exact) mass is 504 g/mol. The second-order valence-corrected chi connectivity index (χ2v) is 7.58. The lowest BCUT2D eigenvalue weighted by molar-refractivity contribution is -0.385. The Labute approximate surface area is 208 Å². The Kier molecular flexibility index (Phi) is 7.00.